The van der Waals surface area contributed by atoms with Gasteiger partial charge in [-0.3, -0.25) is 0 Å². The number of carbonyl (C=O) groups excluding carboxylic acids is 1. The molecule has 0 aromatic carbocycles. The van der Waals surface area contributed by atoms with E-state index in [4.69, 9.17) is 18.9 Å². The van der Waals surface area contributed by atoms with Crippen molar-refractivity contribution in [3.8, 4) is 0 Å². The van der Waals surface area contributed by atoms with Gasteiger partial charge in [0, 0.05) is 0 Å². The van der Waals surface area contributed by atoms with Crippen LogP contribution in [-0.4, -0.2) is 42.8 Å². The predicted octanol–water partition coefficient (Wildman–Crippen LogP) is 1.58. The van der Waals surface area contributed by atoms with E-state index in [1.165, 1.54) is 0 Å². The first-order valence-corrected chi connectivity index (χ1v) is 6.31. The Morgan fingerprint density at radius 3 is 2.58 bits per heavy atom. The molecule has 0 radical (unpaired) electrons. The van der Waals surface area contributed by atoms with Crippen LogP contribution in [-0.2, 0) is 23.7 Å². The molecule has 0 aromatic heterocycles. The fourth-order valence-electron chi connectivity index (χ4n) is 2.62. The highest BCUT2D eigenvalue weighted by atomic mass is 16.8. The number of rotatable bonds is 6. The molecule has 2 rings (SSSR count). The summed E-state index contributed by atoms with van der Waals surface area (Å²) < 4.78 is 23.0. The quantitative estimate of drug-likeness (QED) is 0.541. The molecule has 2 fully saturated rings. The van der Waals surface area contributed by atoms with Crippen molar-refractivity contribution in [2.45, 2.75) is 50.2 Å². The Bertz CT molecular complexity index is 378. The minimum atomic E-state index is -0.907. The molecule has 4 atom stereocenters. The summed E-state index contributed by atoms with van der Waals surface area (Å²) in [5.74, 6) is -0.757. The molecule has 2 heterocycles. The zero-order valence-corrected chi connectivity index (χ0v) is 11.3. The van der Waals surface area contributed by atoms with Gasteiger partial charge in [0.25, 0.3) is 0 Å². The van der Waals surface area contributed by atoms with Crippen molar-refractivity contribution < 1.29 is 23.7 Å². The summed E-state index contributed by atoms with van der Waals surface area (Å²) in [6, 6.07) is 0. The Hall–Kier alpha value is -1.01. The van der Waals surface area contributed by atoms with E-state index in [1.54, 1.807) is 26.0 Å². The highest BCUT2D eigenvalue weighted by molar-refractivity contribution is 5.60. The predicted molar refractivity (Wildman–Crippen MR) is 68.5 cm³/mol. The molecule has 0 amide bonds. The smallest absolute Gasteiger partial charge is 0.191 e. The Morgan fingerprint density at radius 1 is 1.26 bits per heavy atom. The molecular formula is C14H20O5. The van der Waals surface area contributed by atoms with E-state index in [2.05, 4.69) is 13.2 Å². The first kappa shape index (κ1) is 14.4. The molecule has 19 heavy (non-hydrogen) atoms. The summed E-state index contributed by atoms with van der Waals surface area (Å²) in [7, 11) is 0. The van der Waals surface area contributed by atoms with Gasteiger partial charge in [-0.2, -0.15) is 0 Å². The SMILES string of the molecule is C=CCO[C@]1(CC=C)[C@@H](C=O)O[C@@H]2OC(C)(C)O[C@@H]21. The minimum Gasteiger partial charge on any atom is -0.364 e. The summed E-state index contributed by atoms with van der Waals surface area (Å²) in [6.07, 6.45) is 2.68. The number of fused-ring (bicyclic) bond motifs is 1. The Labute approximate surface area is 113 Å². The van der Waals surface area contributed by atoms with Crippen molar-refractivity contribution in [1.82, 2.24) is 0 Å². The zero-order valence-electron chi connectivity index (χ0n) is 11.3. The Kier molecular flexibility index (Phi) is 3.92. The van der Waals surface area contributed by atoms with E-state index in [9.17, 15) is 4.79 Å². The fraction of sp³-hybridized carbons (Fsp3) is 0.643. The molecule has 0 aliphatic carbocycles. The van der Waals surface area contributed by atoms with E-state index >= 15 is 0 Å². The molecular weight excluding hydrogens is 248 g/mol. The maximum atomic E-state index is 11.3. The van der Waals surface area contributed by atoms with Gasteiger partial charge in [-0.1, -0.05) is 12.2 Å². The van der Waals surface area contributed by atoms with Crippen molar-refractivity contribution in [2.75, 3.05) is 6.61 Å². The van der Waals surface area contributed by atoms with Gasteiger partial charge in [0.1, 0.15) is 17.8 Å². The van der Waals surface area contributed by atoms with Gasteiger partial charge >= 0.3 is 0 Å². The standard InChI is InChI=1S/C14H20O5/c1-5-7-14(16-8-6-2)10(9-15)17-12-11(14)18-13(3,4)19-12/h5-6,9-12H,1-2,7-8H2,3-4H3/t10-,11+,12-,14-/m1/s1. The number of hydrogen-bond acceptors (Lipinski definition) is 5. The normalized spacial score (nSPS) is 39.8. The third kappa shape index (κ3) is 2.39. The number of aldehydes is 1. The van der Waals surface area contributed by atoms with Crippen LogP contribution in [0.25, 0.3) is 0 Å². The van der Waals surface area contributed by atoms with Crippen LogP contribution in [0.2, 0.25) is 0 Å². The molecule has 5 heteroatoms. The highest BCUT2D eigenvalue weighted by Crippen LogP contribution is 2.46. The van der Waals surface area contributed by atoms with Crippen LogP contribution in [0.4, 0.5) is 0 Å². The summed E-state index contributed by atoms with van der Waals surface area (Å²) in [4.78, 5) is 11.3. The third-order valence-electron chi connectivity index (χ3n) is 3.36. The van der Waals surface area contributed by atoms with Gasteiger partial charge in [0.05, 0.1) is 6.61 Å². The van der Waals surface area contributed by atoms with E-state index in [1.807, 2.05) is 0 Å². The summed E-state index contributed by atoms with van der Waals surface area (Å²) in [5, 5.41) is 0. The molecule has 0 spiro atoms. The molecule has 0 unspecified atom stereocenters. The van der Waals surface area contributed by atoms with Crippen LogP contribution >= 0.6 is 0 Å². The lowest BCUT2D eigenvalue weighted by atomic mass is 9.89. The van der Waals surface area contributed by atoms with E-state index < -0.39 is 29.9 Å². The van der Waals surface area contributed by atoms with Gasteiger partial charge in [-0.15, -0.1) is 13.2 Å². The second-order valence-electron chi connectivity index (χ2n) is 5.16. The monoisotopic (exact) mass is 268 g/mol. The van der Waals surface area contributed by atoms with Gasteiger partial charge in [-0.25, -0.2) is 0 Å². The first-order valence-electron chi connectivity index (χ1n) is 6.31. The maximum absolute atomic E-state index is 11.3. The van der Waals surface area contributed by atoms with Crippen molar-refractivity contribution in [3.63, 3.8) is 0 Å². The highest BCUT2D eigenvalue weighted by Gasteiger charge is 2.64. The maximum Gasteiger partial charge on any atom is 0.191 e. The Balaban J connectivity index is 2.31. The van der Waals surface area contributed by atoms with Crippen LogP contribution in [0.3, 0.4) is 0 Å². The lowest BCUT2D eigenvalue weighted by Crippen LogP contribution is -2.51. The van der Waals surface area contributed by atoms with Crippen molar-refractivity contribution in [3.05, 3.63) is 25.3 Å². The van der Waals surface area contributed by atoms with Crippen LogP contribution < -0.4 is 0 Å². The van der Waals surface area contributed by atoms with Gasteiger partial charge in [0.15, 0.2) is 18.4 Å². The van der Waals surface area contributed by atoms with Gasteiger partial charge < -0.3 is 23.7 Å². The minimum absolute atomic E-state index is 0.300. The number of carbonyl (C=O) groups is 1. The average molecular weight is 268 g/mol. The third-order valence-corrected chi connectivity index (χ3v) is 3.36. The summed E-state index contributed by atoms with van der Waals surface area (Å²) in [6.45, 7) is 11.3. The average Bonchev–Trinajstić information content (AvgIpc) is 2.79. The molecule has 0 bridgehead atoms. The van der Waals surface area contributed by atoms with Crippen molar-refractivity contribution >= 4 is 6.29 Å². The van der Waals surface area contributed by atoms with E-state index in [0.29, 0.717) is 13.0 Å². The molecule has 106 valence electrons. The van der Waals surface area contributed by atoms with Crippen LogP contribution in [0, 0.1) is 0 Å². The van der Waals surface area contributed by atoms with Crippen LogP contribution in [0.5, 0.6) is 0 Å². The van der Waals surface area contributed by atoms with E-state index in [0.717, 1.165) is 6.29 Å². The second-order valence-corrected chi connectivity index (χ2v) is 5.16. The van der Waals surface area contributed by atoms with Gasteiger partial charge in [0.2, 0.25) is 0 Å². The zero-order chi connectivity index (χ0) is 14.1. The largest absolute Gasteiger partial charge is 0.364 e. The molecule has 2 saturated heterocycles. The van der Waals surface area contributed by atoms with Crippen LogP contribution in [0.15, 0.2) is 25.3 Å². The van der Waals surface area contributed by atoms with E-state index in [-0.39, 0.29) is 0 Å². The topological polar surface area (TPSA) is 54.0 Å². The molecule has 2 aliphatic rings. The first-order chi connectivity index (χ1) is 8.99. The van der Waals surface area contributed by atoms with Crippen LogP contribution in [0.1, 0.15) is 20.3 Å². The molecule has 2 aliphatic heterocycles. The molecule has 0 aromatic rings. The fourth-order valence-corrected chi connectivity index (χ4v) is 2.62. The summed E-state index contributed by atoms with van der Waals surface area (Å²) in [5.41, 5.74) is -0.907. The van der Waals surface area contributed by atoms with Gasteiger partial charge in [-0.05, 0) is 20.3 Å². The Morgan fingerprint density at radius 2 is 2.00 bits per heavy atom. The van der Waals surface area contributed by atoms with Crippen molar-refractivity contribution in [2.24, 2.45) is 0 Å². The molecule has 5 nitrogen and oxygen atoms in total. The number of hydrogen-bond donors (Lipinski definition) is 0. The van der Waals surface area contributed by atoms with Crippen molar-refractivity contribution in [1.29, 1.82) is 0 Å². The second kappa shape index (κ2) is 5.17. The molecule has 0 N–H and O–H groups in total. The number of ether oxygens (including phenoxy) is 4. The molecule has 0 saturated carbocycles. The summed E-state index contributed by atoms with van der Waals surface area (Å²) >= 11 is 0. The lowest BCUT2D eigenvalue weighted by Gasteiger charge is -2.35. The lowest BCUT2D eigenvalue weighted by molar-refractivity contribution is -0.230.